The van der Waals surface area contributed by atoms with E-state index in [0.717, 1.165) is 19.3 Å². The lowest BCUT2D eigenvalue weighted by atomic mass is 10.0. The van der Waals surface area contributed by atoms with Crippen LogP contribution in [0.25, 0.3) is 0 Å². The SMILES string of the molecule is O=C(O)CC(NC(=O)c1ccc(N2CCCN(C(=O)C3CC3)CC2)c(NC(=O)c2ccncc2)c1)c1ccc(F)cc1. The Kier molecular flexibility index (Phi) is 8.75. The molecule has 2 heterocycles. The number of rotatable bonds is 9. The normalized spacial score (nSPS) is 15.8. The molecule has 3 aromatic rings. The van der Waals surface area contributed by atoms with E-state index in [1.54, 1.807) is 30.3 Å². The van der Waals surface area contributed by atoms with Crippen LogP contribution in [-0.4, -0.2) is 64.9 Å². The van der Waals surface area contributed by atoms with Crippen molar-refractivity contribution in [2.75, 3.05) is 36.4 Å². The summed E-state index contributed by atoms with van der Waals surface area (Å²) < 4.78 is 13.5. The summed E-state index contributed by atoms with van der Waals surface area (Å²) in [6.07, 6.45) is 5.28. The first-order chi connectivity index (χ1) is 20.3. The number of pyridine rings is 1. The summed E-state index contributed by atoms with van der Waals surface area (Å²) in [6, 6.07) is 12.5. The number of carbonyl (C=O) groups excluding carboxylic acids is 3. The van der Waals surface area contributed by atoms with Crippen LogP contribution in [0.2, 0.25) is 0 Å². The second kappa shape index (κ2) is 12.8. The minimum atomic E-state index is -1.12. The summed E-state index contributed by atoms with van der Waals surface area (Å²) in [5.74, 6) is -2.18. The molecule has 11 heteroatoms. The Labute approximate surface area is 242 Å². The minimum absolute atomic E-state index is 0.143. The zero-order valence-corrected chi connectivity index (χ0v) is 23.0. The summed E-state index contributed by atoms with van der Waals surface area (Å²) in [5.41, 5.74) is 2.16. The summed E-state index contributed by atoms with van der Waals surface area (Å²) in [5, 5.41) is 15.1. The van der Waals surface area contributed by atoms with Gasteiger partial charge in [-0.2, -0.15) is 0 Å². The van der Waals surface area contributed by atoms with Gasteiger partial charge in [-0.1, -0.05) is 12.1 Å². The van der Waals surface area contributed by atoms with E-state index >= 15 is 0 Å². The van der Waals surface area contributed by atoms with Crippen molar-refractivity contribution in [3.8, 4) is 0 Å². The first-order valence-electron chi connectivity index (χ1n) is 14.0. The predicted molar refractivity (Wildman–Crippen MR) is 154 cm³/mol. The van der Waals surface area contributed by atoms with E-state index in [0.29, 0.717) is 48.7 Å². The quantitative estimate of drug-likeness (QED) is 0.354. The van der Waals surface area contributed by atoms with Crippen molar-refractivity contribution in [3.05, 3.63) is 89.5 Å². The van der Waals surface area contributed by atoms with Crippen LogP contribution >= 0.6 is 0 Å². The Bertz CT molecular complexity index is 1460. The van der Waals surface area contributed by atoms with E-state index < -0.39 is 30.2 Å². The van der Waals surface area contributed by atoms with E-state index in [1.165, 1.54) is 36.7 Å². The Balaban J connectivity index is 1.40. The predicted octanol–water partition coefficient (Wildman–Crippen LogP) is 3.87. The van der Waals surface area contributed by atoms with Crippen LogP contribution in [0.4, 0.5) is 15.8 Å². The average Bonchev–Trinajstić information content (AvgIpc) is 3.85. The van der Waals surface area contributed by atoms with E-state index in [4.69, 9.17) is 0 Å². The summed E-state index contributed by atoms with van der Waals surface area (Å²) in [4.78, 5) is 58.6. The first kappa shape index (κ1) is 28.7. The molecule has 1 atom stereocenters. The molecule has 0 radical (unpaired) electrons. The van der Waals surface area contributed by atoms with Gasteiger partial charge >= 0.3 is 5.97 Å². The van der Waals surface area contributed by atoms with Crippen LogP contribution in [0.15, 0.2) is 67.0 Å². The summed E-state index contributed by atoms with van der Waals surface area (Å²) in [7, 11) is 0. The molecule has 0 spiro atoms. The molecular weight excluding hydrogens is 541 g/mol. The van der Waals surface area contributed by atoms with Crippen molar-refractivity contribution in [1.82, 2.24) is 15.2 Å². The van der Waals surface area contributed by atoms with Crippen molar-refractivity contribution in [2.45, 2.75) is 31.7 Å². The molecule has 1 aliphatic carbocycles. The number of carboxylic acids is 1. The van der Waals surface area contributed by atoms with Crippen LogP contribution in [0.5, 0.6) is 0 Å². The lowest BCUT2D eigenvalue weighted by molar-refractivity contribution is -0.137. The highest BCUT2D eigenvalue weighted by Crippen LogP contribution is 2.33. The molecule has 3 amide bonds. The van der Waals surface area contributed by atoms with Crippen molar-refractivity contribution in [2.24, 2.45) is 5.92 Å². The third-order valence-corrected chi connectivity index (χ3v) is 7.48. The molecule has 1 saturated carbocycles. The van der Waals surface area contributed by atoms with Crippen molar-refractivity contribution < 1.29 is 28.7 Å². The van der Waals surface area contributed by atoms with Crippen LogP contribution in [-0.2, 0) is 9.59 Å². The topological polar surface area (TPSA) is 132 Å². The van der Waals surface area contributed by atoms with Crippen molar-refractivity contribution >= 4 is 35.1 Å². The molecule has 3 N–H and O–H groups in total. The number of hydrogen-bond donors (Lipinski definition) is 3. The number of carboxylic acid groups (broad SMARTS) is 1. The highest BCUT2D eigenvalue weighted by molar-refractivity contribution is 6.07. The number of aliphatic carboxylic acids is 1. The zero-order valence-electron chi connectivity index (χ0n) is 23.0. The molecular formula is C31H32FN5O5. The van der Waals surface area contributed by atoms with Gasteiger partial charge in [0, 0.05) is 55.6 Å². The smallest absolute Gasteiger partial charge is 0.305 e. The number of nitrogens with zero attached hydrogens (tertiary/aromatic N) is 3. The Morgan fingerprint density at radius 2 is 1.64 bits per heavy atom. The molecule has 1 saturated heterocycles. The molecule has 1 aromatic heterocycles. The molecule has 218 valence electrons. The summed E-state index contributed by atoms with van der Waals surface area (Å²) in [6.45, 7) is 2.44. The van der Waals surface area contributed by atoms with Crippen LogP contribution in [0, 0.1) is 11.7 Å². The second-order valence-corrected chi connectivity index (χ2v) is 10.5. The number of hydrogen-bond acceptors (Lipinski definition) is 6. The van der Waals surface area contributed by atoms with Crippen LogP contribution < -0.4 is 15.5 Å². The minimum Gasteiger partial charge on any atom is -0.481 e. The standard InChI is InChI=1S/C31H32FN5O5/c32-24-7-4-20(5-8-24)25(19-28(38)39)34-30(41)23-6-9-27(26(18-23)35-29(40)21-10-12-33-13-11-21)36-14-1-15-37(17-16-36)31(42)22-2-3-22/h4-13,18,22,25H,1-3,14-17,19H2,(H,34,41)(H,35,40)(H,38,39). The highest BCUT2D eigenvalue weighted by Gasteiger charge is 2.34. The fourth-order valence-corrected chi connectivity index (χ4v) is 5.08. The fourth-order valence-electron chi connectivity index (χ4n) is 5.08. The van der Waals surface area contributed by atoms with Gasteiger partial charge in [-0.3, -0.25) is 24.2 Å². The maximum absolute atomic E-state index is 13.5. The molecule has 1 unspecified atom stereocenters. The number of amides is 3. The molecule has 42 heavy (non-hydrogen) atoms. The van der Waals surface area contributed by atoms with E-state index in [1.807, 2.05) is 4.90 Å². The lowest BCUT2D eigenvalue weighted by Gasteiger charge is -2.27. The molecule has 2 aliphatic rings. The van der Waals surface area contributed by atoms with E-state index in [2.05, 4.69) is 20.5 Å². The Morgan fingerprint density at radius 3 is 2.33 bits per heavy atom. The summed E-state index contributed by atoms with van der Waals surface area (Å²) >= 11 is 0. The molecule has 2 fully saturated rings. The maximum Gasteiger partial charge on any atom is 0.305 e. The van der Waals surface area contributed by atoms with Gasteiger partial charge in [-0.15, -0.1) is 0 Å². The van der Waals surface area contributed by atoms with Gasteiger partial charge in [0.2, 0.25) is 5.91 Å². The number of nitrogens with one attached hydrogen (secondary N) is 2. The Morgan fingerprint density at radius 1 is 0.905 bits per heavy atom. The van der Waals surface area contributed by atoms with Crippen molar-refractivity contribution in [3.63, 3.8) is 0 Å². The highest BCUT2D eigenvalue weighted by atomic mass is 19.1. The maximum atomic E-state index is 13.5. The number of halogens is 1. The second-order valence-electron chi connectivity index (χ2n) is 10.5. The number of anilines is 2. The third kappa shape index (κ3) is 7.09. The van der Waals surface area contributed by atoms with Crippen LogP contribution in [0.1, 0.15) is 58.0 Å². The number of carbonyl (C=O) groups is 4. The number of benzene rings is 2. The van der Waals surface area contributed by atoms with Gasteiger partial charge in [-0.05, 0) is 67.3 Å². The van der Waals surface area contributed by atoms with E-state index in [-0.39, 0.29) is 23.3 Å². The largest absolute Gasteiger partial charge is 0.481 e. The van der Waals surface area contributed by atoms with Gasteiger partial charge in [0.15, 0.2) is 0 Å². The zero-order chi connectivity index (χ0) is 29.6. The van der Waals surface area contributed by atoms with E-state index in [9.17, 15) is 28.7 Å². The van der Waals surface area contributed by atoms with Gasteiger partial charge in [-0.25, -0.2) is 4.39 Å². The monoisotopic (exact) mass is 573 g/mol. The molecule has 1 aliphatic heterocycles. The molecule has 0 bridgehead atoms. The van der Waals surface area contributed by atoms with Gasteiger partial charge in [0.25, 0.3) is 11.8 Å². The molecule has 10 nitrogen and oxygen atoms in total. The molecule has 2 aromatic carbocycles. The van der Waals surface area contributed by atoms with Gasteiger partial charge in [0.1, 0.15) is 5.82 Å². The Hall–Kier alpha value is -4.80. The number of aromatic nitrogens is 1. The lowest BCUT2D eigenvalue weighted by Crippen LogP contribution is -2.36. The van der Waals surface area contributed by atoms with Gasteiger partial charge < -0.3 is 25.5 Å². The fraction of sp³-hybridized carbons (Fsp3) is 0.323. The molecule has 5 rings (SSSR count). The first-order valence-corrected chi connectivity index (χ1v) is 14.0. The average molecular weight is 574 g/mol. The van der Waals surface area contributed by atoms with Crippen molar-refractivity contribution in [1.29, 1.82) is 0 Å². The van der Waals surface area contributed by atoms with Gasteiger partial charge in [0.05, 0.1) is 23.8 Å². The third-order valence-electron chi connectivity index (χ3n) is 7.48. The van der Waals surface area contributed by atoms with Crippen LogP contribution in [0.3, 0.4) is 0 Å².